The van der Waals surface area contributed by atoms with Crippen molar-refractivity contribution >= 4 is 11.6 Å². The predicted molar refractivity (Wildman–Crippen MR) is 99.5 cm³/mol. The number of nitrogens with zero attached hydrogens (tertiary/aromatic N) is 1. The van der Waals surface area contributed by atoms with E-state index < -0.39 is 0 Å². The molecule has 0 bridgehead atoms. The Bertz CT molecular complexity index is 777. The largest absolute Gasteiger partial charge is 0.466 e. The first-order valence-electron chi connectivity index (χ1n) is 8.95. The van der Waals surface area contributed by atoms with Crippen molar-refractivity contribution in [2.45, 2.75) is 26.8 Å². The van der Waals surface area contributed by atoms with E-state index in [4.69, 9.17) is 9.15 Å². The SMILES string of the molecule is C/C(=N/NC(=O)c1cc(C)oc1C)[C@H](c1ccccc1)[NH+]1CCOCC1. The molecule has 1 aliphatic rings. The van der Waals surface area contributed by atoms with Crippen LogP contribution in [0.25, 0.3) is 0 Å². The molecule has 0 radical (unpaired) electrons. The number of aryl methyl sites for hydroxylation is 2. The van der Waals surface area contributed by atoms with Gasteiger partial charge >= 0.3 is 0 Å². The van der Waals surface area contributed by atoms with Crippen molar-refractivity contribution in [3.8, 4) is 0 Å². The molecule has 26 heavy (non-hydrogen) atoms. The molecule has 2 heterocycles. The second-order valence-electron chi connectivity index (χ2n) is 6.64. The second-order valence-corrected chi connectivity index (χ2v) is 6.64. The molecular weight excluding hydrogens is 330 g/mol. The number of amides is 1. The average Bonchev–Trinajstić information content (AvgIpc) is 3.00. The lowest BCUT2D eigenvalue weighted by Crippen LogP contribution is -3.15. The van der Waals surface area contributed by atoms with E-state index in [-0.39, 0.29) is 11.9 Å². The van der Waals surface area contributed by atoms with Gasteiger partial charge in [-0.3, -0.25) is 4.79 Å². The predicted octanol–water partition coefficient (Wildman–Crippen LogP) is 1.66. The standard InChI is InChI=1S/C20H25N3O3/c1-14-13-18(16(3)26-14)20(24)22-21-15(2)19(17-7-5-4-6-8-17)23-9-11-25-12-10-23/h4-8,13,19H,9-12H2,1-3H3,(H,22,24)/p+1/b21-15-/t19-/m1/s1. The van der Waals surface area contributed by atoms with Gasteiger partial charge in [-0.1, -0.05) is 30.3 Å². The van der Waals surface area contributed by atoms with Crippen LogP contribution in [0, 0.1) is 13.8 Å². The summed E-state index contributed by atoms with van der Waals surface area (Å²) in [5.41, 5.74) is 5.27. The molecule has 1 saturated heterocycles. The molecule has 1 aromatic heterocycles. The first-order valence-corrected chi connectivity index (χ1v) is 8.95. The summed E-state index contributed by atoms with van der Waals surface area (Å²) in [7, 11) is 0. The number of ether oxygens (including phenoxy) is 1. The monoisotopic (exact) mass is 356 g/mol. The average molecular weight is 356 g/mol. The first kappa shape index (κ1) is 18.4. The van der Waals surface area contributed by atoms with E-state index in [0.29, 0.717) is 17.1 Å². The molecule has 0 aliphatic carbocycles. The Labute approximate surface area is 153 Å². The summed E-state index contributed by atoms with van der Waals surface area (Å²) < 4.78 is 10.9. The Kier molecular flexibility index (Phi) is 5.85. The van der Waals surface area contributed by atoms with Gasteiger partial charge in [-0.15, -0.1) is 0 Å². The number of hydrogen-bond acceptors (Lipinski definition) is 4. The first-order chi connectivity index (χ1) is 12.6. The van der Waals surface area contributed by atoms with Gasteiger partial charge in [0.05, 0.1) is 24.5 Å². The molecule has 0 saturated carbocycles. The highest BCUT2D eigenvalue weighted by atomic mass is 16.5. The van der Waals surface area contributed by atoms with Crippen LogP contribution in [0.1, 0.15) is 40.4 Å². The van der Waals surface area contributed by atoms with Crippen molar-refractivity contribution in [1.29, 1.82) is 0 Å². The van der Waals surface area contributed by atoms with Gasteiger partial charge in [-0.05, 0) is 26.8 Å². The van der Waals surface area contributed by atoms with Gasteiger partial charge in [0.2, 0.25) is 0 Å². The number of carbonyl (C=O) groups excluding carboxylic acids is 1. The van der Waals surface area contributed by atoms with Gasteiger partial charge in [0.15, 0.2) is 6.04 Å². The lowest BCUT2D eigenvalue weighted by molar-refractivity contribution is -0.928. The fourth-order valence-corrected chi connectivity index (χ4v) is 3.46. The Hall–Kier alpha value is -2.44. The van der Waals surface area contributed by atoms with Crippen molar-refractivity contribution in [2.75, 3.05) is 26.3 Å². The van der Waals surface area contributed by atoms with E-state index in [1.807, 2.05) is 32.0 Å². The zero-order valence-corrected chi connectivity index (χ0v) is 15.5. The Morgan fingerprint density at radius 1 is 1.19 bits per heavy atom. The number of rotatable bonds is 5. The normalized spacial score (nSPS) is 17.1. The summed E-state index contributed by atoms with van der Waals surface area (Å²) in [5.74, 6) is 1.07. The van der Waals surface area contributed by atoms with Gasteiger partial charge in [0.1, 0.15) is 24.6 Å². The summed E-state index contributed by atoms with van der Waals surface area (Å²) >= 11 is 0. The molecule has 1 amide bonds. The van der Waals surface area contributed by atoms with Gasteiger partial charge in [-0.2, -0.15) is 5.10 Å². The van der Waals surface area contributed by atoms with Crippen LogP contribution in [-0.2, 0) is 4.74 Å². The molecule has 2 aromatic rings. The van der Waals surface area contributed by atoms with Crippen LogP contribution >= 0.6 is 0 Å². The van der Waals surface area contributed by atoms with Gasteiger partial charge < -0.3 is 14.1 Å². The summed E-state index contributed by atoms with van der Waals surface area (Å²) in [6.07, 6.45) is 0. The van der Waals surface area contributed by atoms with Crippen molar-refractivity contribution in [3.63, 3.8) is 0 Å². The molecule has 0 unspecified atom stereocenters. The number of benzene rings is 1. The lowest BCUT2D eigenvalue weighted by atomic mass is 10.0. The maximum Gasteiger partial charge on any atom is 0.274 e. The third-order valence-electron chi connectivity index (χ3n) is 4.71. The third kappa shape index (κ3) is 4.20. The van der Waals surface area contributed by atoms with Crippen LogP contribution < -0.4 is 10.3 Å². The van der Waals surface area contributed by atoms with Crippen molar-refractivity contribution in [2.24, 2.45) is 5.10 Å². The number of quaternary nitrogens is 1. The van der Waals surface area contributed by atoms with Crippen LogP contribution in [0.2, 0.25) is 0 Å². The summed E-state index contributed by atoms with van der Waals surface area (Å²) in [5, 5.41) is 4.42. The number of nitrogens with one attached hydrogen (secondary N) is 2. The highest BCUT2D eigenvalue weighted by Gasteiger charge is 2.29. The molecule has 1 aliphatic heterocycles. The molecule has 1 fully saturated rings. The van der Waals surface area contributed by atoms with Crippen LogP contribution in [0.5, 0.6) is 0 Å². The fraction of sp³-hybridized carbons (Fsp3) is 0.400. The molecular formula is C20H26N3O3+. The maximum atomic E-state index is 12.4. The molecule has 1 atom stereocenters. The Balaban J connectivity index is 1.80. The van der Waals surface area contributed by atoms with E-state index in [1.54, 1.807) is 13.0 Å². The molecule has 6 heteroatoms. The molecule has 3 rings (SSSR count). The molecule has 2 N–H and O–H groups in total. The van der Waals surface area contributed by atoms with Crippen molar-refractivity contribution in [1.82, 2.24) is 5.43 Å². The van der Waals surface area contributed by atoms with Crippen LogP contribution in [0.15, 0.2) is 45.9 Å². The van der Waals surface area contributed by atoms with Crippen LogP contribution in [0.3, 0.4) is 0 Å². The molecule has 6 nitrogen and oxygen atoms in total. The number of carbonyl (C=O) groups is 1. The van der Waals surface area contributed by atoms with E-state index in [9.17, 15) is 4.79 Å². The highest BCUT2D eigenvalue weighted by Crippen LogP contribution is 2.14. The minimum absolute atomic E-state index is 0.0904. The van der Waals surface area contributed by atoms with Crippen LogP contribution in [0.4, 0.5) is 0 Å². The zero-order chi connectivity index (χ0) is 18.5. The summed E-state index contributed by atoms with van der Waals surface area (Å²) in [6, 6.07) is 12.1. The van der Waals surface area contributed by atoms with Crippen LogP contribution in [-0.4, -0.2) is 37.9 Å². The third-order valence-corrected chi connectivity index (χ3v) is 4.71. The van der Waals surface area contributed by atoms with Gasteiger partial charge in [0, 0.05) is 5.56 Å². The van der Waals surface area contributed by atoms with E-state index in [1.165, 1.54) is 10.5 Å². The molecule has 138 valence electrons. The number of hydrogen-bond donors (Lipinski definition) is 2. The van der Waals surface area contributed by atoms with E-state index in [0.717, 1.165) is 32.0 Å². The highest BCUT2D eigenvalue weighted by molar-refractivity contribution is 5.96. The summed E-state index contributed by atoms with van der Waals surface area (Å²) in [6.45, 7) is 8.89. The summed E-state index contributed by atoms with van der Waals surface area (Å²) in [4.78, 5) is 13.8. The molecule has 0 spiro atoms. The number of hydrazone groups is 1. The smallest absolute Gasteiger partial charge is 0.274 e. The quantitative estimate of drug-likeness (QED) is 0.632. The van der Waals surface area contributed by atoms with Gasteiger partial charge in [0.25, 0.3) is 5.91 Å². The molecule has 1 aromatic carbocycles. The fourth-order valence-electron chi connectivity index (χ4n) is 3.46. The minimum Gasteiger partial charge on any atom is -0.466 e. The maximum absolute atomic E-state index is 12.4. The Morgan fingerprint density at radius 2 is 1.88 bits per heavy atom. The van der Waals surface area contributed by atoms with Gasteiger partial charge in [-0.25, -0.2) is 5.43 Å². The number of morpholine rings is 1. The zero-order valence-electron chi connectivity index (χ0n) is 15.5. The van der Waals surface area contributed by atoms with Crippen molar-refractivity contribution < 1.29 is 18.8 Å². The Morgan fingerprint density at radius 3 is 2.50 bits per heavy atom. The minimum atomic E-state index is -0.248. The van der Waals surface area contributed by atoms with E-state index in [2.05, 4.69) is 22.7 Å². The van der Waals surface area contributed by atoms with E-state index >= 15 is 0 Å². The topological polar surface area (TPSA) is 68.3 Å². The second kappa shape index (κ2) is 8.29. The number of furan rings is 1. The lowest BCUT2D eigenvalue weighted by Gasteiger charge is -2.31. The van der Waals surface area contributed by atoms with Crippen molar-refractivity contribution in [3.05, 3.63) is 59.0 Å².